The van der Waals surface area contributed by atoms with Gasteiger partial charge >= 0.3 is 0 Å². The highest BCUT2D eigenvalue weighted by molar-refractivity contribution is 5.75. The Hall–Kier alpha value is -2.56. The van der Waals surface area contributed by atoms with Gasteiger partial charge in [-0.1, -0.05) is 24.3 Å². The molecule has 5 heteroatoms. The summed E-state index contributed by atoms with van der Waals surface area (Å²) in [5, 5.41) is 0. The second-order valence-corrected chi connectivity index (χ2v) is 5.54. The Kier molecular flexibility index (Phi) is 5.57. The topological polar surface area (TPSA) is 55.6 Å². The Balaban J connectivity index is 1.97. The summed E-state index contributed by atoms with van der Waals surface area (Å²) in [4.78, 5) is 13.2. The van der Waals surface area contributed by atoms with Gasteiger partial charge in [-0.2, -0.15) is 0 Å². The summed E-state index contributed by atoms with van der Waals surface area (Å²) < 4.78 is 19.1. The highest BCUT2D eigenvalue weighted by Gasteiger charge is 2.08. The molecule has 0 radical (unpaired) electrons. The zero-order chi connectivity index (χ0) is 16.8. The highest BCUT2D eigenvalue weighted by Crippen LogP contribution is 2.24. The Bertz CT molecular complexity index is 686. The van der Waals surface area contributed by atoms with Crippen LogP contribution in [0.3, 0.4) is 0 Å². The zero-order valence-corrected chi connectivity index (χ0v) is 13.4. The monoisotopic (exact) mass is 316 g/mol. The molecule has 2 aromatic rings. The summed E-state index contributed by atoms with van der Waals surface area (Å²) in [5.74, 6) is 0.282. The highest BCUT2D eigenvalue weighted by atomic mass is 19.1. The van der Waals surface area contributed by atoms with Crippen LogP contribution in [-0.4, -0.2) is 24.9 Å². The quantitative estimate of drug-likeness (QED) is 0.834. The normalized spacial score (nSPS) is 10.4. The van der Waals surface area contributed by atoms with Crippen LogP contribution in [0.4, 0.5) is 10.1 Å². The van der Waals surface area contributed by atoms with Crippen LogP contribution >= 0.6 is 0 Å². The van der Waals surface area contributed by atoms with E-state index in [1.54, 1.807) is 49.3 Å². The largest absolute Gasteiger partial charge is 0.487 e. The molecular formula is C18H21FN2O2. The first kappa shape index (κ1) is 16.8. The van der Waals surface area contributed by atoms with E-state index in [1.165, 1.54) is 6.07 Å². The van der Waals surface area contributed by atoms with E-state index in [4.69, 9.17) is 10.5 Å². The summed E-state index contributed by atoms with van der Waals surface area (Å²) in [6.45, 7) is 0.120. The summed E-state index contributed by atoms with van der Waals surface area (Å²) >= 11 is 0. The lowest BCUT2D eigenvalue weighted by atomic mass is 10.1. The molecule has 122 valence electrons. The molecule has 0 fully saturated rings. The Morgan fingerprint density at radius 3 is 2.61 bits per heavy atom. The molecule has 0 saturated heterocycles. The smallest absolute Gasteiger partial charge is 0.222 e. The maximum Gasteiger partial charge on any atom is 0.222 e. The minimum absolute atomic E-state index is 0.0726. The van der Waals surface area contributed by atoms with Gasteiger partial charge in [0.25, 0.3) is 0 Å². The van der Waals surface area contributed by atoms with Crippen LogP contribution in [0.25, 0.3) is 0 Å². The number of halogens is 1. The van der Waals surface area contributed by atoms with E-state index in [2.05, 4.69) is 0 Å². The van der Waals surface area contributed by atoms with Gasteiger partial charge in [-0.25, -0.2) is 4.39 Å². The van der Waals surface area contributed by atoms with E-state index in [9.17, 15) is 9.18 Å². The first-order chi connectivity index (χ1) is 11.0. The lowest BCUT2D eigenvalue weighted by Gasteiger charge is -2.12. The van der Waals surface area contributed by atoms with Gasteiger partial charge in [0.2, 0.25) is 5.91 Å². The second kappa shape index (κ2) is 7.63. The third-order valence-electron chi connectivity index (χ3n) is 3.54. The zero-order valence-electron chi connectivity index (χ0n) is 13.4. The molecule has 0 aliphatic carbocycles. The number of benzene rings is 2. The molecule has 23 heavy (non-hydrogen) atoms. The summed E-state index contributed by atoms with van der Waals surface area (Å²) in [7, 11) is 3.46. The van der Waals surface area contributed by atoms with Gasteiger partial charge in [0.15, 0.2) is 0 Å². The first-order valence-electron chi connectivity index (χ1n) is 7.42. The predicted molar refractivity (Wildman–Crippen MR) is 88.6 cm³/mol. The van der Waals surface area contributed by atoms with Crippen molar-refractivity contribution in [2.45, 2.75) is 19.4 Å². The minimum Gasteiger partial charge on any atom is -0.487 e. The van der Waals surface area contributed by atoms with Gasteiger partial charge in [-0.15, -0.1) is 0 Å². The van der Waals surface area contributed by atoms with Crippen LogP contribution < -0.4 is 10.5 Å². The predicted octanol–water partition coefficient (Wildman–Crippen LogP) is 3.01. The maximum absolute atomic E-state index is 13.6. The van der Waals surface area contributed by atoms with E-state index in [-0.39, 0.29) is 18.3 Å². The Labute approximate surface area is 135 Å². The van der Waals surface area contributed by atoms with Crippen LogP contribution in [0, 0.1) is 5.82 Å². The molecule has 0 aliphatic rings. The van der Waals surface area contributed by atoms with Crippen LogP contribution in [0.2, 0.25) is 0 Å². The third-order valence-corrected chi connectivity index (χ3v) is 3.54. The molecule has 0 unspecified atom stereocenters. The molecule has 4 nitrogen and oxygen atoms in total. The van der Waals surface area contributed by atoms with Crippen LogP contribution in [0.5, 0.6) is 5.75 Å². The molecule has 2 aromatic carbocycles. The number of amides is 1. The summed E-state index contributed by atoms with van der Waals surface area (Å²) in [6, 6.07) is 11.9. The maximum atomic E-state index is 13.6. The van der Waals surface area contributed by atoms with Crippen LogP contribution in [0.15, 0.2) is 42.5 Å². The van der Waals surface area contributed by atoms with Gasteiger partial charge < -0.3 is 15.4 Å². The lowest BCUT2D eigenvalue weighted by molar-refractivity contribution is -0.128. The molecule has 0 bridgehead atoms. The van der Waals surface area contributed by atoms with E-state index in [0.717, 1.165) is 5.56 Å². The minimum atomic E-state index is -0.301. The molecule has 0 heterocycles. The number of ether oxygens (including phenoxy) is 1. The van der Waals surface area contributed by atoms with Crippen molar-refractivity contribution in [1.29, 1.82) is 0 Å². The van der Waals surface area contributed by atoms with Gasteiger partial charge in [-0.05, 0) is 30.2 Å². The van der Waals surface area contributed by atoms with Crippen molar-refractivity contribution in [2.24, 2.45) is 0 Å². The summed E-state index contributed by atoms with van der Waals surface area (Å²) in [6.07, 6.45) is 1.05. The third kappa shape index (κ3) is 4.71. The van der Waals surface area contributed by atoms with E-state index < -0.39 is 0 Å². The van der Waals surface area contributed by atoms with Gasteiger partial charge in [0, 0.05) is 26.1 Å². The molecule has 0 aromatic heterocycles. The van der Waals surface area contributed by atoms with E-state index >= 15 is 0 Å². The van der Waals surface area contributed by atoms with Gasteiger partial charge in [0.1, 0.15) is 18.2 Å². The number of aryl methyl sites for hydroxylation is 1. The molecule has 0 spiro atoms. The average Bonchev–Trinajstić information content (AvgIpc) is 2.53. The average molecular weight is 316 g/mol. The Morgan fingerprint density at radius 2 is 1.96 bits per heavy atom. The molecule has 1 amide bonds. The molecule has 2 N–H and O–H groups in total. The van der Waals surface area contributed by atoms with Gasteiger partial charge in [0.05, 0.1) is 5.69 Å². The number of rotatable bonds is 6. The second-order valence-electron chi connectivity index (χ2n) is 5.54. The number of nitrogens with two attached hydrogens (primary N) is 1. The number of carbonyl (C=O) groups is 1. The molecule has 0 saturated carbocycles. The van der Waals surface area contributed by atoms with Crippen molar-refractivity contribution < 1.29 is 13.9 Å². The van der Waals surface area contributed by atoms with Crippen LogP contribution in [0.1, 0.15) is 17.5 Å². The van der Waals surface area contributed by atoms with Gasteiger partial charge in [-0.3, -0.25) is 4.79 Å². The SMILES string of the molecule is CN(C)C(=O)CCc1ccc(OCc2ccccc2F)c(N)c1. The van der Waals surface area contributed by atoms with Crippen molar-refractivity contribution in [3.8, 4) is 5.75 Å². The summed E-state index contributed by atoms with van der Waals surface area (Å²) in [5.41, 5.74) is 7.91. The van der Waals surface area contributed by atoms with E-state index in [1.807, 2.05) is 6.07 Å². The number of carbonyl (C=O) groups excluding carboxylic acids is 1. The fourth-order valence-electron chi connectivity index (χ4n) is 2.13. The van der Waals surface area contributed by atoms with E-state index in [0.29, 0.717) is 29.8 Å². The Morgan fingerprint density at radius 1 is 1.22 bits per heavy atom. The number of anilines is 1. The van der Waals surface area contributed by atoms with Crippen LogP contribution in [-0.2, 0) is 17.8 Å². The van der Waals surface area contributed by atoms with Crippen molar-refractivity contribution in [3.05, 3.63) is 59.4 Å². The number of hydrogen-bond acceptors (Lipinski definition) is 3. The number of nitrogen functional groups attached to an aromatic ring is 1. The van der Waals surface area contributed by atoms with Crippen molar-refractivity contribution in [1.82, 2.24) is 4.90 Å². The first-order valence-corrected chi connectivity index (χ1v) is 7.42. The van der Waals surface area contributed by atoms with Crippen molar-refractivity contribution in [2.75, 3.05) is 19.8 Å². The molecule has 2 rings (SSSR count). The lowest BCUT2D eigenvalue weighted by Crippen LogP contribution is -2.21. The fourth-order valence-corrected chi connectivity index (χ4v) is 2.13. The van der Waals surface area contributed by atoms with Crippen molar-refractivity contribution >= 4 is 11.6 Å². The van der Waals surface area contributed by atoms with Crippen molar-refractivity contribution in [3.63, 3.8) is 0 Å². The number of hydrogen-bond donors (Lipinski definition) is 1. The standard InChI is InChI=1S/C18H21FN2O2/c1-21(2)18(22)10-8-13-7-9-17(16(20)11-13)23-12-14-5-3-4-6-15(14)19/h3-7,9,11H,8,10,12,20H2,1-2H3. The molecule has 0 aliphatic heterocycles. The fraction of sp³-hybridized carbons (Fsp3) is 0.278. The molecular weight excluding hydrogens is 295 g/mol. The number of nitrogens with zero attached hydrogens (tertiary/aromatic N) is 1. The molecule has 0 atom stereocenters.